The average molecular weight is 371 g/mol. The number of fused-ring (bicyclic) bond motifs is 3. The summed E-state index contributed by atoms with van der Waals surface area (Å²) in [6.45, 7) is 2.10. The van der Waals surface area contributed by atoms with Gasteiger partial charge < -0.3 is 10.1 Å². The Balaban J connectivity index is 1.87. The summed E-state index contributed by atoms with van der Waals surface area (Å²) in [5, 5.41) is 15.3. The summed E-state index contributed by atoms with van der Waals surface area (Å²) in [5.41, 5.74) is 4.21. The molecule has 0 unspecified atom stereocenters. The van der Waals surface area contributed by atoms with Crippen LogP contribution in [-0.2, 0) is 0 Å². The third-order valence-electron chi connectivity index (χ3n) is 5.44. The van der Waals surface area contributed by atoms with E-state index in [4.69, 9.17) is 16.3 Å². The number of benzene rings is 2. The summed E-state index contributed by atoms with van der Waals surface area (Å²) >= 11 is 6.44. The molecular weight excluding hydrogens is 352 g/mol. The number of hydrogen-bond acceptors (Lipinski definition) is 4. The Morgan fingerprint density at radius 3 is 2.85 bits per heavy atom. The molecule has 2 aromatic rings. The van der Waals surface area contributed by atoms with Crippen LogP contribution in [0.25, 0.3) is 0 Å². The second kappa shape index (κ2) is 6.32. The molecule has 0 bridgehead atoms. The molecule has 0 radical (unpaired) electrons. The fourth-order valence-corrected chi connectivity index (χ4v) is 4.47. The third-order valence-corrected chi connectivity index (χ3v) is 5.79. The summed E-state index contributed by atoms with van der Waals surface area (Å²) in [6.07, 6.45) is 5.32. The Morgan fingerprint density at radius 2 is 2.12 bits per heavy atom. The Labute approximate surface area is 156 Å². The zero-order chi connectivity index (χ0) is 18.4. The first-order chi connectivity index (χ1) is 12.5. The summed E-state index contributed by atoms with van der Waals surface area (Å²) in [6, 6.07) is 8.54. The molecule has 1 aliphatic carbocycles. The molecule has 2 aliphatic rings. The normalized spacial score (nSPS) is 23.1. The lowest BCUT2D eigenvalue weighted by molar-refractivity contribution is -0.384. The van der Waals surface area contributed by atoms with E-state index < -0.39 is 0 Å². The van der Waals surface area contributed by atoms with Gasteiger partial charge in [-0.3, -0.25) is 10.1 Å². The summed E-state index contributed by atoms with van der Waals surface area (Å²) in [4.78, 5) is 10.8. The van der Waals surface area contributed by atoms with E-state index in [2.05, 4.69) is 30.5 Å². The van der Waals surface area contributed by atoms with E-state index in [1.165, 1.54) is 17.2 Å². The van der Waals surface area contributed by atoms with Gasteiger partial charge in [-0.1, -0.05) is 29.8 Å². The molecular formula is C20H19ClN2O3. The predicted molar refractivity (Wildman–Crippen MR) is 102 cm³/mol. The second-order valence-electron chi connectivity index (χ2n) is 6.81. The summed E-state index contributed by atoms with van der Waals surface area (Å²) in [7, 11) is 1.65. The molecule has 6 heteroatoms. The summed E-state index contributed by atoms with van der Waals surface area (Å²) < 4.78 is 5.56. The Hall–Kier alpha value is -2.53. The monoisotopic (exact) mass is 370 g/mol. The van der Waals surface area contributed by atoms with Crippen LogP contribution in [0.4, 0.5) is 11.4 Å². The van der Waals surface area contributed by atoms with Gasteiger partial charge in [0.1, 0.15) is 5.75 Å². The molecule has 1 heterocycles. The lowest BCUT2D eigenvalue weighted by Crippen LogP contribution is -2.30. The number of nitrogens with one attached hydrogen (secondary N) is 1. The lowest BCUT2D eigenvalue weighted by atomic mass is 9.75. The highest BCUT2D eigenvalue weighted by atomic mass is 35.5. The van der Waals surface area contributed by atoms with Crippen molar-refractivity contribution in [2.24, 2.45) is 5.92 Å². The molecule has 0 saturated carbocycles. The average Bonchev–Trinajstić information content (AvgIpc) is 3.11. The first-order valence-corrected chi connectivity index (χ1v) is 8.93. The van der Waals surface area contributed by atoms with Gasteiger partial charge in [0.15, 0.2) is 0 Å². The highest BCUT2D eigenvalue weighted by Crippen LogP contribution is 2.54. The van der Waals surface area contributed by atoms with Crippen molar-refractivity contribution in [2.75, 3.05) is 12.4 Å². The molecule has 5 nitrogen and oxygen atoms in total. The molecule has 134 valence electrons. The number of nitrogens with zero attached hydrogens (tertiary/aromatic N) is 1. The van der Waals surface area contributed by atoms with E-state index in [-0.39, 0.29) is 28.5 Å². The molecule has 4 rings (SSSR count). The van der Waals surface area contributed by atoms with Crippen LogP contribution in [0, 0.1) is 23.0 Å². The zero-order valence-electron chi connectivity index (χ0n) is 14.5. The Kier molecular flexibility index (Phi) is 4.11. The molecule has 1 N–H and O–H groups in total. The van der Waals surface area contributed by atoms with Gasteiger partial charge in [0, 0.05) is 28.6 Å². The quantitative estimate of drug-likeness (QED) is 0.447. The standard InChI is InChI=1S/C20H19ClN2O3/c1-11-6-9-17(26-2)20-18(11)13-4-3-5-14(13)19(22-20)15-10-12(23(24)25)7-8-16(15)21/h3-4,6-10,13-14,19,22H,5H2,1-2H3/t13-,14+,19+/m0/s1. The van der Waals surface area contributed by atoms with E-state index in [9.17, 15) is 10.1 Å². The molecule has 0 aromatic heterocycles. The van der Waals surface area contributed by atoms with Crippen LogP contribution >= 0.6 is 11.6 Å². The van der Waals surface area contributed by atoms with Gasteiger partial charge in [0.05, 0.1) is 23.8 Å². The number of allylic oxidation sites excluding steroid dienone is 2. The van der Waals surface area contributed by atoms with Gasteiger partial charge in [-0.2, -0.15) is 0 Å². The maximum Gasteiger partial charge on any atom is 0.269 e. The number of anilines is 1. The zero-order valence-corrected chi connectivity index (χ0v) is 15.3. The molecule has 0 saturated heterocycles. The molecule has 3 atom stereocenters. The number of nitro benzene ring substituents is 1. The summed E-state index contributed by atoms with van der Waals surface area (Å²) in [5.74, 6) is 1.27. The van der Waals surface area contributed by atoms with Crippen LogP contribution in [0.15, 0.2) is 42.5 Å². The van der Waals surface area contributed by atoms with Crippen LogP contribution in [0.3, 0.4) is 0 Å². The number of ether oxygens (including phenoxy) is 1. The minimum atomic E-state index is -0.383. The van der Waals surface area contributed by atoms with Crippen molar-refractivity contribution in [3.8, 4) is 5.75 Å². The topological polar surface area (TPSA) is 64.4 Å². The molecule has 0 amide bonds. The van der Waals surface area contributed by atoms with Gasteiger partial charge >= 0.3 is 0 Å². The van der Waals surface area contributed by atoms with Gasteiger partial charge in [0.25, 0.3) is 5.69 Å². The van der Waals surface area contributed by atoms with Crippen molar-refractivity contribution < 1.29 is 9.66 Å². The van der Waals surface area contributed by atoms with Crippen LogP contribution < -0.4 is 10.1 Å². The van der Waals surface area contributed by atoms with Crippen LogP contribution in [0.5, 0.6) is 5.75 Å². The van der Waals surface area contributed by atoms with E-state index in [0.717, 1.165) is 23.4 Å². The van der Waals surface area contributed by atoms with Crippen molar-refractivity contribution in [2.45, 2.75) is 25.3 Å². The number of rotatable bonds is 3. The van der Waals surface area contributed by atoms with Crippen molar-refractivity contribution in [1.82, 2.24) is 0 Å². The number of hydrogen-bond donors (Lipinski definition) is 1. The van der Waals surface area contributed by atoms with Gasteiger partial charge in [0.2, 0.25) is 0 Å². The van der Waals surface area contributed by atoms with Crippen molar-refractivity contribution >= 4 is 23.0 Å². The SMILES string of the molecule is COc1ccc(C)c2c1N[C@@H](c1cc([N+](=O)[O-])ccc1Cl)[C@@H]1CC=C[C@H]21. The van der Waals surface area contributed by atoms with Gasteiger partial charge in [-0.05, 0) is 42.5 Å². The molecule has 2 aromatic carbocycles. The van der Waals surface area contributed by atoms with Crippen LogP contribution in [-0.4, -0.2) is 12.0 Å². The van der Waals surface area contributed by atoms with Crippen molar-refractivity contribution in [3.63, 3.8) is 0 Å². The third kappa shape index (κ3) is 2.54. The van der Waals surface area contributed by atoms with E-state index in [1.54, 1.807) is 19.2 Å². The van der Waals surface area contributed by atoms with Crippen LogP contribution in [0.2, 0.25) is 5.02 Å². The first-order valence-electron chi connectivity index (χ1n) is 8.55. The van der Waals surface area contributed by atoms with E-state index >= 15 is 0 Å². The number of methoxy groups -OCH3 is 1. The highest BCUT2D eigenvalue weighted by molar-refractivity contribution is 6.31. The van der Waals surface area contributed by atoms with E-state index in [0.29, 0.717) is 5.02 Å². The minimum Gasteiger partial charge on any atom is -0.495 e. The minimum absolute atomic E-state index is 0.0516. The fourth-order valence-electron chi connectivity index (χ4n) is 4.23. The van der Waals surface area contributed by atoms with Crippen LogP contribution in [0.1, 0.15) is 35.1 Å². The maximum absolute atomic E-state index is 11.2. The molecule has 0 spiro atoms. The number of halogens is 1. The smallest absolute Gasteiger partial charge is 0.269 e. The molecule has 1 aliphatic heterocycles. The van der Waals surface area contributed by atoms with E-state index in [1.807, 2.05) is 6.07 Å². The van der Waals surface area contributed by atoms with Crippen molar-refractivity contribution in [3.05, 3.63) is 74.3 Å². The van der Waals surface area contributed by atoms with Crippen molar-refractivity contribution in [1.29, 1.82) is 0 Å². The second-order valence-corrected chi connectivity index (χ2v) is 7.22. The number of nitro groups is 1. The lowest BCUT2D eigenvalue weighted by Gasteiger charge is -2.39. The molecule has 0 fully saturated rings. The first kappa shape index (κ1) is 16.9. The largest absolute Gasteiger partial charge is 0.495 e. The Morgan fingerprint density at radius 1 is 1.31 bits per heavy atom. The predicted octanol–water partition coefficient (Wildman–Crippen LogP) is 5.39. The Bertz CT molecular complexity index is 926. The van der Waals surface area contributed by atoms with Gasteiger partial charge in [-0.15, -0.1) is 0 Å². The maximum atomic E-state index is 11.2. The number of non-ortho nitro benzene ring substituents is 1. The highest BCUT2D eigenvalue weighted by Gasteiger charge is 2.40. The van der Waals surface area contributed by atoms with Gasteiger partial charge in [-0.25, -0.2) is 0 Å². The molecule has 26 heavy (non-hydrogen) atoms. The number of aryl methyl sites for hydroxylation is 1. The fraction of sp³-hybridized carbons (Fsp3) is 0.300.